The molecular formula is C19H20N2O2S. The lowest BCUT2D eigenvalue weighted by molar-refractivity contribution is 0.0931. The number of nitrogens with one attached hydrogen (secondary N) is 2. The molecule has 0 aliphatic carbocycles. The highest BCUT2D eigenvalue weighted by molar-refractivity contribution is 7.99. The maximum absolute atomic E-state index is 12.4. The molecule has 2 aromatic carbocycles. The Hall–Kier alpha value is -1.98. The Labute approximate surface area is 145 Å². The van der Waals surface area contributed by atoms with Gasteiger partial charge in [-0.05, 0) is 61.7 Å². The zero-order valence-electron chi connectivity index (χ0n) is 13.2. The first-order valence-corrected chi connectivity index (χ1v) is 9.13. The topological polar surface area (TPSA) is 61.4 Å². The van der Waals surface area contributed by atoms with Crippen LogP contribution in [0.4, 0.5) is 0 Å². The Balaban J connectivity index is 1.39. The van der Waals surface area contributed by atoms with Gasteiger partial charge in [-0.15, -0.1) is 0 Å². The molecule has 2 aliphatic heterocycles. The predicted molar refractivity (Wildman–Crippen MR) is 94.5 cm³/mol. The van der Waals surface area contributed by atoms with E-state index < -0.39 is 0 Å². The van der Waals surface area contributed by atoms with Crippen LogP contribution in [0.5, 0.6) is 5.75 Å². The minimum absolute atomic E-state index is 0.00301. The van der Waals surface area contributed by atoms with Gasteiger partial charge < -0.3 is 15.7 Å². The fourth-order valence-electron chi connectivity index (χ4n) is 3.59. The Bertz CT molecular complexity index is 747. The van der Waals surface area contributed by atoms with Gasteiger partial charge in [0, 0.05) is 33.5 Å². The van der Waals surface area contributed by atoms with Crippen LogP contribution in [0.3, 0.4) is 0 Å². The third kappa shape index (κ3) is 3.28. The summed E-state index contributed by atoms with van der Waals surface area (Å²) in [5.41, 5.74) is 0.693. The molecule has 0 saturated carbocycles. The first-order valence-electron chi connectivity index (χ1n) is 8.31. The van der Waals surface area contributed by atoms with E-state index in [0.29, 0.717) is 17.6 Å². The van der Waals surface area contributed by atoms with Crippen LogP contribution in [0.25, 0.3) is 0 Å². The van der Waals surface area contributed by atoms with Crippen molar-refractivity contribution in [1.29, 1.82) is 0 Å². The van der Waals surface area contributed by atoms with Crippen molar-refractivity contribution in [2.45, 2.75) is 47.2 Å². The number of carbonyl (C=O) groups is 1. The van der Waals surface area contributed by atoms with E-state index >= 15 is 0 Å². The summed E-state index contributed by atoms with van der Waals surface area (Å²) in [6.07, 6.45) is 3.44. The van der Waals surface area contributed by atoms with Gasteiger partial charge in [0.05, 0.1) is 0 Å². The Morgan fingerprint density at radius 3 is 2.62 bits per heavy atom. The fourth-order valence-corrected chi connectivity index (χ4v) is 4.46. The molecule has 3 N–H and O–H groups in total. The SMILES string of the molecule is O=C(NC1CC2CCC1N2)c1ccc(Sc2cccc(O)c2)cc1. The Kier molecular flexibility index (Phi) is 4.21. The van der Waals surface area contributed by atoms with Gasteiger partial charge in [-0.3, -0.25) is 4.79 Å². The lowest BCUT2D eigenvalue weighted by Gasteiger charge is -2.21. The lowest BCUT2D eigenvalue weighted by atomic mass is 9.95. The standard InChI is InChI=1S/C19H20N2O2S/c22-14-2-1-3-16(11-14)24-15-7-4-12(5-8-15)19(23)21-18-10-13-6-9-17(18)20-13/h1-5,7-8,11,13,17-18,20,22H,6,9-10H2,(H,21,23). The maximum Gasteiger partial charge on any atom is 0.251 e. The summed E-state index contributed by atoms with van der Waals surface area (Å²) in [6, 6.07) is 16.1. The van der Waals surface area contributed by atoms with Crippen LogP contribution < -0.4 is 10.6 Å². The molecule has 3 atom stereocenters. The van der Waals surface area contributed by atoms with E-state index in [2.05, 4.69) is 10.6 Å². The molecule has 2 heterocycles. The van der Waals surface area contributed by atoms with E-state index in [4.69, 9.17) is 0 Å². The third-order valence-corrected chi connectivity index (χ3v) is 5.78. The number of amides is 1. The lowest BCUT2D eigenvalue weighted by Crippen LogP contribution is -2.42. The van der Waals surface area contributed by atoms with Gasteiger partial charge in [-0.1, -0.05) is 17.8 Å². The second kappa shape index (κ2) is 6.49. The van der Waals surface area contributed by atoms with Gasteiger partial charge in [0.2, 0.25) is 0 Å². The molecule has 4 rings (SSSR count). The molecule has 2 fully saturated rings. The molecule has 2 bridgehead atoms. The van der Waals surface area contributed by atoms with E-state index in [1.54, 1.807) is 23.9 Å². The van der Waals surface area contributed by atoms with Crippen molar-refractivity contribution in [2.24, 2.45) is 0 Å². The van der Waals surface area contributed by atoms with Crippen molar-refractivity contribution in [3.8, 4) is 5.75 Å². The highest BCUT2D eigenvalue weighted by atomic mass is 32.2. The smallest absolute Gasteiger partial charge is 0.251 e. The molecule has 0 aromatic heterocycles. The second-order valence-corrected chi connectivity index (χ2v) is 7.63. The molecule has 0 radical (unpaired) electrons. The molecule has 0 spiro atoms. The van der Waals surface area contributed by atoms with Crippen LogP contribution in [-0.2, 0) is 0 Å². The molecule has 1 amide bonds. The summed E-state index contributed by atoms with van der Waals surface area (Å²) in [4.78, 5) is 14.4. The molecule has 4 nitrogen and oxygen atoms in total. The van der Waals surface area contributed by atoms with Crippen molar-refractivity contribution < 1.29 is 9.90 Å². The predicted octanol–water partition coefficient (Wildman–Crippen LogP) is 3.17. The average molecular weight is 340 g/mol. The second-order valence-electron chi connectivity index (χ2n) is 6.49. The van der Waals surface area contributed by atoms with Crippen LogP contribution in [0.2, 0.25) is 0 Å². The van der Waals surface area contributed by atoms with Crippen LogP contribution >= 0.6 is 11.8 Å². The minimum Gasteiger partial charge on any atom is -0.508 e. The fraction of sp³-hybridized carbons (Fsp3) is 0.316. The van der Waals surface area contributed by atoms with Crippen molar-refractivity contribution in [3.63, 3.8) is 0 Å². The largest absolute Gasteiger partial charge is 0.508 e. The van der Waals surface area contributed by atoms with E-state index in [-0.39, 0.29) is 17.7 Å². The van der Waals surface area contributed by atoms with Crippen LogP contribution in [0.15, 0.2) is 58.3 Å². The first kappa shape index (κ1) is 15.5. The van der Waals surface area contributed by atoms with Gasteiger partial charge in [-0.25, -0.2) is 0 Å². The normalized spacial score (nSPS) is 24.9. The zero-order chi connectivity index (χ0) is 16.5. The Morgan fingerprint density at radius 1 is 1.12 bits per heavy atom. The van der Waals surface area contributed by atoms with Gasteiger partial charge in [-0.2, -0.15) is 0 Å². The molecule has 3 unspecified atom stereocenters. The number of hydrogen-bond acceptors (Lipinski definition) is 4. The van der Waals surface area contributed by atoms with Crippen LogP contribution in [0, 0.1) is 0 Å². The van der Waals surface area contributed by atoms with Crippen LogP contribution in [-0.4, -0.2) is 29.1 Å². The monoisotopic (exact) mass is 340 g/mol. The zero-order valence-corrected chi connectivity index (χ0v) is 14.1. The number of benzene rings is 2. The van der Waals surface area contributed by atoms with Crippen LogP contribution in [0.1, 0.15) is 29.6 Å². The summed E-state index contributed by atoms with van der Waals surface area (Å²) >= 11 is 1.56. The average Bonchev–Trinajstić information content (AvgIpc) is 3.18. The van der Waals surface area contributed by atoms with E-state index in [1.165, 1.54) is 6.42 Å². The first-order chi connectivity index (χ1) is 11.7. The summed E-state index contributed by atoms with van der Waals surface area (Å²) in [5, 5.41) is 16.2. The number of phenols is 1. The van der Waals surface area contributed by atoms with Gasteiger partial charge in [0.25, 0.3) is 5.91 Å². The number of hydrogen-bond donors (Lipinski definition) is 3. The van der Waals surface area contributed by atoms with E-state index in [1.807, 2.05) is 36.4 Å². The molecule has 2 aliphatic rings. The van der Waals surface area contributed by atoms with Gasteiger partial charge >= 0.3 is 0 Å². The number of phenolic OH excluding ortho intramolecular Hbond substituents is 1. The molecular weight excluding hydrogens is 320 g/mol. The van der Waals surface area contributed by atoms with E-state index in [9.17, 15) is 9.90 Å². The molecule has 5 heteroatoms. The molecule has 24 heavy (non-hydrogen) atoms. The number of fused-ring (bicyclic) bond motifs is 2. The highest BCUT2D eigenvalue weighted by Gasteiger charge is 2.39. The van der Waals surface area contributed by atoms with Gasteiger partial charge in [0.1, 0.15) is 5.75 Å². The third-order valence-electron chi connectivity index (χ3n) is 4.79. The van der Waals surface area contributed by atoms with E-state index in [0.717, 1.165) is 22.6 Å². The molecule has 124 valence electrons. The molecule has 2 aromatic rings. The highest BCUT2D eigenvalue weighted by Crippen LogP contribution is 2.30. The van der Waals surface area contributed by atoms with Crippen molar-refractivity contribution in [2.75, 3.05) is 0 Å². The van der Waals surface area contributed by atoms with Crippen molar-refractivity contribution in [1.82, 2.24) is 10.6 Å². The maximum atomic E-state index is 12.4. The van der Waals surface area contributed by atoms with Gasteiger partial charge in [0.15, 0.2) is 0 Å². The summed E-state index contributed by atoms with van der Waals surface area (Å²) in [6.45, 7) is 0. The quantitative estimate of drug-likeness (QED) is 0.800. The number of aromatic hydroxyl groups is 1. The summed E-state index contributed by atoms with van der Waals surface area (Å²) < 4.78 is 0. The Morgan fingerprint density at radius 2 is 1.96 bits per heavy atom. The molecule has 2 saturated heterocycles. The summed E-state index contributed by atoms with van der Waals surface area (Å²) in [7, 11) is 0. The number of rotatable bonds is 4. The summed E-state index contributed by atoms with van der Waals surface area (Å²) in [5.74, 6) is 0.263. The number of carbonyl (C=O) groups excluding carboxylic acids is 1. The minimum atomic E-state index is 0.00301. The van der Waals surface area contributed by atoms with Crippen molar-refractivity contribution >= 4 is 17.7 Å². The van der Waals surface area contributed by atoms with Crippen molar-refractivity contribution in [3.05, 3.63) is 54.1 Å².